The van der Waals surface area contributed by atoms with Crippen LogP contribution in [-0.2, 0) is 29.5 Å². The van der Waals surface area contributed by atoms with Crippen LogP contribution in [0.5, 0.6) is 5.75 Å². The summed E-state index contributed by atoms with van der Waals surface area (Å²) in [6.07, 6.45) is 6.50. The predicted octanol–water partition coefficient (Wildman–Crippen LogP) is 5.91. The van der Waals surface area contributed by atoms with Crippen molar-refractivity contribution in [2.75, 3.05) is 19.6 Å². The molecular weight excluding hydrogens is 489 g/mol. The average molecular weight is 519 g/mol. The van der Waals surface area contributed by atoms with Gasteiger partial charge in [-0.1, -0.05) is 48.5 Å². The molecule has 3 aromatic carbocycles. The Kier molecular flexibility index (Phi) is 8.31. The number of hydrogen-bond donors (Lipinski definition) is 0. The van der Waals surface area contributed by atoms with Gasteiger partial charge in [-0.25, -0.2) is 0 Å². The van der Waals surface area contributed by atoms with E-state index in [2.05, 4.69) is 44.4 Å². The first-order valence-electron chi connectivity index (χ1n) is 12.0. The molecular formula is C27H29F3N2O3S. The minimum atomic E-state index is -5.67. The standard InChI is InChI=1S/C27H29F3N2O3S/c28-27(29,30)36(33,34)35-26-12-11-23-13-17-32(20-25(23)19-26)16-4-3-14-31-15-5-6-21-9-10-22-7-1-2-8-24(22)18-21/h1-2,7-12,15,18-19H,3-6,13-14,16-17,20H2. The Balaban J connectivity index is 1.17. The van der Waals surface area contributed by atoms with Crippen molar-refractivity contribution in [1.29, 1.82) is 0 Å². The molecule has 4 rings (SSSR count). The zero-order valence-electron chi connectivity index (χ0n) is 19.9. The van der Waals surface area contributed by atoms with E-state index >= 15 is 0 Å². The van der Waals surface area contributed by atoms with Crippen LogP contribution in [0.3, 0.4) is 0 Å². The second-order valence-electron chi connectivity index (χ2n) is 8.96. The number of halogens is 3. The van der Waals surface area contributed by atoms with Crippen molar-refractivity contribution in [2.24, 2.45) is 4.99 Å². The molecule has 1 aliphatic heterocycles. The van der Waals surface area contributed by atoms with Crippen LogP contribution in [0.2, 0.25) is 0 Å². The number of hydrogen-bond acceptors (Lipinski definition) is 5. The van der Waals surface area contributed by atoms with Crippen molar-refractivity contribution in [3.63, 3.8) is 0 Å². The molecule has 0 aromatic heterocycles. The first-order chi connectivity index (χ1) is 17.2. The van der Waals surface area contributed by atoms with Crippen LogP contribution in [0, 0.1) is 0 Å². The molecule has 0 saturated heterocycles. The molecule has 9 heteroatoms. The fraction of sp³-hybridized carbons (Fsp3) is 0.370. The number of alkyl halides is 3. The summed E-state index contributed by atoms with van der Waals surface area (Å²) in [6, 6.07) is 19.2. The van der Waals surface area contributed by atoms with Crippen molar-refractivity contribution >= 4 is 27.1 Å². The van der Waals surface area contributed by atoms with Crippen molar-refractivity contribution < 1.29 is 25.8 Å². The van der Waals surface area contributed by atoms with Gasteiger partial charge in [-0.2, -0.15) is 21.6 Å². The molecule has 0 spiro atoms. The summed E-state index contributed by atoms with van der Waals surface area (Å²) in [5, 5.41) is 2.50. The Labute approximate surface area is 209 Å². The molecule has 0 amide bonds. The maximum atomic E-state index is 12.6. The van der Waals surface area contributed by atoms with Gasteiger partial charge < -0.3 is 4.18 Å². The highest BCUT2D eigenvalue weighted by Crippen LogP contribution is 2.29. The highest BCUT2D eigenvalue weighted by Gasteiger charge is 2.48. The van der Waals surface area contributed by atoms with Gasteiger partial charge >= 0.3 is 15.6 Å². The van der Waals surface area contributed by atoms with Crippen LogP contribution < -0.4 is 4.18 Å². The van der Waals surface area contributed by atoms with Gasteiger partial charge in [0.2, 0.25) is 0 Å². The van der Waals surface area contributed by atoms with Gasteiger partial charge in [0.1, 0.15) is 5.75 Å². The lowest BCUT2D eigenvalue weighted by molar-refractivity contribution is -0.0500. The van der Waals surface area contributed by atoms with Gasteiger partial charge in [-0.15, -0.1) is 0 Å². The van der Waals surface area contributed by atoms with E-state index in [-0.39, 0.29) is 5.75 Å². The summed E-state index contributed by atoms with van der Waals surface area (Å²) in [5.41, 5.74) is -2.36. The number of aryl methyl sites for hydroxylation is 1. The molecule has 192 valence electrons. The zero-order chi connectivity index (χ0) is 25.6. The van der Waals surface area contributed by atoms with E-state index in [1.165, 1.54) is 28.5 Å². The van der Waals surface area contributed by atoms with Gasteiger partial charge in [0.15, 0.2) is 0 Å². The maximum Gasteiger partial charge on any atom is 0.534 e. The molecule has 0 saturated carbocycles. The monoisotopic (exact) mass is 518 g/mol. The predicted molar refractivity (Wildman–Crippen MR) is 136 cm³/mol. The van der Waals surface area contributed by atoms with E-state index < -0.39 is 15.6 Å². The number of aliphatic imine (C=N–C) groups is 1. The number of benzene rings is 3. The molecule has 36 heavy (non-hydrogen) atoms. The summed E-state index contributed by atoms with van der Waals surface area (Å²) >= 11 is 0. The average Bonchev–Trinajstić information content (AvgIpc) is 2.84. The van der Waals surface area contributed by atoms with E-state index in [4.69, 9.17) is 0 Å². The third-order valence-electron chi connectivity index (χ3n) is 6.28. The Morgan fingerprint density at radius 3 is 2.58 bits per heavy atom. The van der Waals surface area contributed by atoms with Crippen LogP contribution in [0.15, 0.2) is 65.7 Å². The van der Waals surface area contributed by atoms with Gasteiger partial charge in [-0.3, -0.25) is 9.89 Å². The van der Waals surface area contributed by atoms with Crippen LogP contribution >= 0.6 is 0 Å². The van der Waals surface area contributed by atoms with E-state index in [9.17, 15) is 21.6 Å². The van der Waals surface area contributed by atoms with E-state index in [1.54, 1.807) is 6.07 Å². The third kappa shape index (κ3) is 6.85. The SMILES string of the molecule is O=S(=O)(Oc1ccc2c(c1)CN(CCCCN=CCCc1ccc3ccccc3c1)CC2)C(F)(F)F. The zero-order valence-corrected chi connectivity index (χ0v) is 20.7. The van der Waals surface area contributed by atoms with Gasteiger partial charge in [0.25, 0.3) is 0 Å². The summed E-state index contributed by atoms with van der Waals surface area (Å²) < 4.78 is 64.6. The van der Waals surface area contributed by atoms with Crippen LogP contribution in [-0.4, -0.2) is 44.7 Å². The Hall–Kier alpha value is -2.91. The highest BCUT2D eigenvalue weighted by atomic mass is 32.2. The van der Waals surface area contributed by atoms with Crippen LogP contribution in [0.4, 0.5) is 13.2 Å². The first-order valence-corrected chi connectivity index (χ1v) is 13.4. The fourth-order valence-electron chi connectivity index (χ4n) is 4.36. The molecule has 1 aliphatic rings. The summed E-state index contributed by atoms with van der Waals surface area (Å²) in [6.45, 7) is 3.00. The van der Waals surface area contributed by atoms with E-state index in [0.29, 0.717) is 6.54 Å². The smallest absolute Gasteiger partial charge is 0.376 e. The van der Waals surface area contributed by atoms with E-state index in [1.807, 2.05) is 18.3 Å². The number of nitrogens with zero attached hydrogens (tertiary/aromatic N) is 2. The summed E-state index contributed by atoms with van der Waals surface area (Å²) in [5.74, 6) is -0.314. The molecule has 5 nitrogen and oxygen atoms in total. The third-order valence-corrected chi connectivity index (χ3v) is 7.25. The van der Waals surface area contributed by atoms with Gasteiger partial charge in [0, 0.05) is 19.6 Å². The molecule has 0 atom stereocenters. The minimum Gasteiger partial charge on any atom is -0.376 e. The number of unbranched alkanes of at least 4 members (excludes halogenated alkanes) is 1. The van der Waals surface area contributed by atoms with E-state index in [0.717, 1.165) is 62.9 Å². The Morgan fingerprint density at radius 2 is 1.78 bits per heavy atom. The molecule has 0 bridgehead atoms. The molecule has 1 heterocycles. The minimum absolute atomic E-state index is 0.314. The second-order valence-corrected chi connectivity index (χ2v) is 10.5. The lowest BCUT2D eigenvalue weighted by atomic mass is 9.99. The normalized spacial score (nSPS) is 14.9. The second kappa shape index (κ2) is 11.4. The summed E-state index contributed by atoms with van der Waals surface area (Å²) in [7, 11) is -5.67. The Morgan fingerprint density at radius 1 is 0.972 bits per heavy atom. The lowest BCUT2D eigenvalue weighted by Crippen LogP contribution is -2.31. The van der Waals surface area contributed by atoms with Crippen molar-refractivity contribution in [1.82, 2.24) is 4.90 Å². The number of rotatable bonds is 10. The quantitative estimate of drug-likeness (QED) is 0.145. The van der Waals surface area contributed by atoms with Gasteiger partial charge in [0.05, 0.1) is 0 Å². The molecule has 0 fully saturated rings. The topological polar surface area (TPSA) is 59.0 Å². The fourth-order valence-corrected chi connectivity index (χ4v) is 4.81. The number of fused-ring (bicyclic) bond motifs is 2. The van der Waals surface area contributed by atoms with Crippen molar-refractivity contribution in [2.45, 2.75) is 44.2 Å². The van der Waals surface area contributed by atoms with Gasteiger partial charge in [-0.05, 0) is 84.5 Å². The van der Waals surface area contributed by atoms with Crippen LogP contribution in [0.25, 0.3) is 10.8 Å². The van der Waals surface area contributed by atoms with Crippen LogP contribution in [0.1, 0.15) is 36.0 Å². The largest absolute Gasteiger partial charge is 0.534 e. The van der Waals surface area contributed by atoms with Crippen molar-refractivity contribution in [3.05, 3.63) is 77.4 Å². The summed E-state index contributed by atoms with van der Waals surface area (Å²) in [4.78, 5) is 6.74. The highest BCUT2D eigenvalue weighted by molar-refractivity contribution is 7.88. The molecule has 0 unspecified atom stereocenters. The lowest BCUT2D eigenvalue weighted by Gasteiger charge is -2.29. The molecule has 0 radical (unpaired) electrons. The Bertz CT molecular complexity index is 1320. The molecule has 0 N–H and O–H groups in total. The molecule has 3 aromatic rings. The first kappa shape index (κ1) is 26.2. The molecule has 0 aliphatic carbocycles. The van der Waals surface area contributed by atoms with Crippen molar-refractivity contribution in [3.8, 4) is 5.75 Å². The maximum absolute atomic E-state index is 12.6.